The predicted octanol–water partition coefficient (Wildman–Crippen LogP) is 1.78. The number of hydrogen-bond acceptors (Lipinski definition) is 4. The fraction of sp³-hybridized carbons (Fsp3) is 0.500. The lowest BCUT2D eigenvalue weighted by molar-refractivity contribution is -0.132. The Labute approximate surface area is 108 Å². The van der Waals surface area contributed by atoms with Gasteiger partial charge >= 0.3 is 5.97 Å². The number of benzene rings is 1. The van der Waals surface area contributed by atoms with Crippen molar-refractivity contribution in [2.45, 2.75) is 19.9 Å². The highest BCUT2D eigenvalue weighted by Gasteiger charge is 2.21. The van der Waals surface area contributed by atoms with Crippen molar-refractivity contribution < 1.29 is 9.63 Å². The molecule has 0 aromatic heterocycles. The Balaban J connectivity index is 1.83. The Bertz CT molecular complexity index is 384. The molecule has 1 saturated heterocycles. The smallest absolute Gasteiger partial charge is 0.357 e. The van der Waals surface area contributed by atoms with Gasteiger partial charge in [-0.1, -0.05) is 18.2 Å². The molecule has 1 aliphatic heterocycles. The van der Waals surface area contributed by atoms with Crippen molar-refractivity contribution in [2.75, 3.05) is 26.2 Å². The summed E-state index contributed by atoms with van der Waals surface area (Å²) < 4.78 is 0. The van der Waals surface area contributed by atoms with Gasteiger partial charge in [0.1, 0.15) is 0 Å². The fourth-order valence-corrected chi connectivity index (χ4v) is 2.06. The molecule has 0 radical (unpaired) electrons. The monoisotopic (exact) mass is 248 g/mol. The lowest BCUT2D eigenvalue weighted by Crippen LogP contribution is -2.49. The summed E-state index contributed by atoms with van der Waals surface area (Å²) in [5, 5.41) is 1.76. The summed E-state index contributed by atoms with van der Waals surface area (Å²) in [5.74, 6) is -0.270. The largest absolute Gasteiger partial charge is 0.364 e. The standard InChI is InChI=1S/C14H20N2O2/c1-12(2)15-8-10-16(11-9-15)18-14(17)13-6-4-3-5-7-13/h3-7,12H,8-11H2,1-2H3. The van der Waals surface area contributed by atoms with Crippen LogP contribution >= 0.6 is 0 Å². The average Bonchev–Trinajstić information content (AvgIpc) is 2.40. The number of nitrogens with zero attached hydrogens (tertiary/aromatic N) is 2. The van der Waals surface area contributed by atoms with E-state index in [1.165, 1.54) is 0 Å². The fourth-order valence-electron chi connectivity index (χ4n) is 2.06. The summed E-state index contributed by atoms with van der Waals surface area (Å²) in [6.07, 6.45) is 0. The van der Waals surface area contributed by atoms with Crippen LogP contribution in [0.15, 0.2) is 30.3 Å². The Morgan fingerprint density at radius 3 is 2.28 bits per heavy atom. The zero-order chi connectivity index (χ0) is 13.0. The van der Waals surface area contributed by atoms with Gasteiger partial charge < -0.3 is 4.84 Å². The van der Waals surface area contributed by atoms with Gasteiger partial charge in [-0.05, 0) is 26.0 Å². The molecule has 0 amide bonds. The van der Waals surface area contributed by atoms with Gasteiger partial charge in [0, 0.05) is 32.2 Å². The maximum Gasteiger partial charge on any atom is 0.357 e. The SMILES string of the molecule is CC(C)N1CCN(OC(=O)c2ccccc2)CC1. The third-order valence-electron chi connectivity index (χ3n) is 3.23. The summed E-state index contributed by atoms with van der Waals surface area (Å²) >= 11 is 0. The average molecular weight is 248 g/mol. The van der Waals surface area contributed by atoms with Gasteiger partial charge in [-0.2, -0.15) is 0 Å². The number of rotatable bonds is 3. The van der Waals surface area contributed by atoms with E-state index in [2.05, 4.69) is 18.7 Å². The molecule has 4 heteroatoms. The van der Waals surface area contributed by atoms with Crippen LogP contribution in [0.1, 0.15) is 24.2 Å². The molecule has 1 aromatic rings. The molecule has 1 heterocycles. The van der Waals surface area contributed by atoms with E-state index in [1.807, 2.05) is 18.2 Å². The number of piperazine rings is 1. The highest BCUT2D eigenvalue weighted by Crippen LogP contribution is 2.08. The minimum Gasteiger partial charge on any atom is -0.364 e. The number of carbonyl (C=O) groups is 1. The van der Waals surface area contributed by atoms with Crippen LogP contribution < -0.4 is 0 Å². The quantitative estimate of drug-likeness (QED) is 0.816. The first-order valence-electron chi connectivity index (χ1n) is 6.43. The number of hydroxylamine groups is 2. The molecular formula is C14H20N2O2. The Hall–Kier alpha value is -1.39. The molecule has 98 valence electrons. The first-order chi connectivity index (χ1) is 8.66. The third kappa shape index (κ3) is 3.31. The molecule has 0 bridgehead atoms. The molecule has 0 atom stereocenters. The van der Waals surface area contributed by atoms with Gasteiger partial charge in [-0.25, -0.2) is 4.79 Å². The second-order valence-corrected chi connectivity index (χ2v) is 4.80. The molecule has 4 nitrogen and oxygen atoms in total. The van der Waals surface area contributed by atoms with Crippen molar-refractivity contribution in [1.29, 1.82) is 0 Å². The maximum atomic E-state index is 11.9. The molecule has 1 aliphatic rings. The van der Waals surface area contributed by atoms with Crippen LogP contribution in [0.5, 0.6) is 0 Å². The lowest BCUT2D eigenvalue weighted by atomic mass is 10.2. The molecule has 1 fully saturated rings. The van der Waals surface area contributed by atoms with E-state index in [0.717, 1.165) is 26.2 Å². The minimum absolute atomic E-state index is 0.270. The van der Waals surface area contributed by atoms with E-state index in [-0.39, 0.29) is 5.97 Å². The Morgan fingerprint density at radius 1 is 1.11 bits per heavy atom. The van der Waals surface area contributed by atoms with E-state index in [9.17, 15) is 4.79 Å². The molecule has 0 N–H and O–H groups in total. The normalized spacial score (nSPS) is 17.9. The summed E-state index contributed by atoms with van der Waals surface area (Å²) in [5.41, 5.74) is 0.601. The van der Waals surface area contributed by atoms with Crippen LogP contribution in [-0.4, -0.2) is 48.2 Å². The molecule has 0 saturated carbocycles. The van der Waals surface area contributed by atoms with Gasteiger partial charge in [0.15, 0.2) is 0 Å². The van der Waals surface area contributed by atoms with Crippen molar-refractivity contribution in [1.82, 2.24) is 9.96 Å². The van der Waals surface area contributed by atoms with Crippen molar-refractivity contribution in [3.8, 4) is 0 Å². The summed E-state index contributed by atoms with van der Waals surface area (Å²) in [7, 11) is 0. The van der Waals surface area contributed by atoms with E-state index in [0.29, 0.717) is 11.6 Å². The van der Waals surface area contributed by atoms with E-state index < -0.39 is 0 Å². The number of carbonyl (C=O) groups excluding carboxylic acids is 1. The molecular weight excluding hydrogens is 228 g/mol. The van der Waals surface area contributed by atoms with Gasteiger partial charge in [0.25, 0.3) is 0 Å². The van der Waals surface area contributed by atoms with Crippen LogP contribution in [0.25, 0.3) is 0 Å². The Morgan fingerprint density at radius 2 is 1.72 bits per heavy atom. The predicted molar refractivity (Wildman–Crippen MR) is 70.1 cm³/mol. The van der Waals surface area contributed by atoms with E-state index >= 15 is 0 Å². The van der Waals surface area contributed by atoms with Gasteiger partial charge in [-0.15, -0.1) is 5.06 Å². The van der Waals surface area contributed by atoms with Crippen molar-refractivity contribution >= 4 is 5.97 Å². The van der Waals surface area contributed by atoms with Gasteiger partial charge in [0.2, 0.25) is 0 Å². The second-order valence-electron chi connectivity index (χ2n) is 4.80. The molecule has 0 spiro atoms. The van der Waals surface area contributed by atoms with Gasteiger partial charge in [0.05, 0.1) is 5.56 Å². The van der Waals surface area contributed by atoms with Crippen LogP contribution in [0, 0.1) is 0 Å². The zero-order valence-corrected chi connectivity index (χ0v) is 11.0. The molecule has 18 heavy (non-hydrogen) atoms. The van der Waals surface area contributed by atoms with Gasteiger partial charge in [-0.3, -0.25) is 4.90 Å². The van der Waals surface area contributed by atoms with E-state index in [1.54, 1.807) is 17.2 Å². The summed E-state index contributed by atoms with van der Waals surface area (Å²) in [6, 6.07) is 9.66. The van der Waals surface area contributed by atoms with Crippen molar-refractivity contribution in [2.24, 2.45) is 0 Å². The molecule has 1 aromatic carbocycles. The second kappa shape index (κ2) is 5.98. The van der Waals surface area contributed by atoms with Crippen LogP contribution in [-0.2, 0) is 4.84 Å². The van der Waals surface area contributed by atoms with Crippen LogP contribution in [0.4, 0.5) is 0 Å². The summed E-state index contributed by atoms with van der Waals surface area (Å²) in [4.78, 5) is 19.6. The first kappa shape index (κ1) is 13.1. The van der Waals surface area contributed by atoms with Crippen molar-refractivity contribution in [3.63, 3.8) is 0 Å². The Kier molecular flexibility index (Phi) is 4.33. The molecule has 2 rings (SSSR count). The van der Waals surface area contributed by atoms with Crippen molar-refractivity contribution in [3.05, 3.63) is 35.9 Å². The topological polar surface area (TPSA) is 32.8 Å². The third-order valence-corrected chi connectivity index (χ3v) is 3.23. The lowest BCUT2D eigenvalue weighted by Gasteiger charge is -2.35. The first-order valence-corrected chi connectivity index (χ1v) is 6.43. The van der Waals surface area contributed by atoms with Crippen LogP contribution in [0.2, 0.25) is 0 Å². The highest BCUT2D eigenvalue weighted by atomic mass is 16.7. The highest BCUT2D eigenvalue weighted by molar-refractivity contribution is 5.89. The maximum absolute atomic E-state index is 11.9. The molecule has 0 unspecified atom stereocenters. The molecule has 0 aliphatic carbocycles. The summed E-state index contributed by atoms with van der Waals surface area (Å²) in [6.45, 7) is 7.81. The minimum atomic E-state index is -0.270. The van der Waals surface area contributed by atoms with Crippen LogP contribution in [0.3, 0.4) is 0 Å². The zero-order valence-electron chi connectivity index (χ0n) is 11.0. The van der Waals surface area contributed by atoms with E-state index in [4.69, 9.17) is 4.84 Å². The number of hydrogen-bond donors (Lipinski definition) is 0.